The van der Waals surface area contributed by atoms with E-state index in [-0.39, 0.29) is 19.3 Å². The number of nitrogens with one attached hydrogen (secondary N) is 1. The molecule has 1 rings (SSSR count). The van der Waals surface area contributed by atoms with E-state index in [0.29, 0.717) is 17.2 Å². The summed E-state index contributed by atoms with van der Waals surface area (Å²) in [5.41, 5.74) is 0.718. The summed E-state index contributed by atoms with van der Waals surface area (Å²) in [5, 5.41) is 21.4. The molecular formula is C11H16ClNO3. The smallest absolute Gasteiger partial charge is 0.120 e. The normalized spacial score (nSPS) is 12.2. The SMILES string of the molecule is COc1ccc(NC(CO)CCO)c(Cl)c1. The molecule has 0 aliphatic rings. The second kappa shape index (κ2) is 6.58. The lowest BCUT2D eigenvalue weighted by molar-refractivity contribution is 0.229. The summed E-state index contributed by atoms with van der Waals surface area (Å²) in [5.74, 6) is 0.679. The second-order valence-corrected chi connectivity index (χ2v) is 3.79. The highest BCUT2D eigenvalue weighted by atomic mass is 35.5. The van der Waals surface area contributed by atoms with E-state index in [0.717, 1.165) is 5.69 Å². The van der Waals surface area contributed by atoms with Crippen LogP contribution < -0.4 is 10.1 Å². The van der Waals surface area contributed by atoms with Crippen LogP contribution in [0.1, 0.15) is 6.42 Å². The number of halogens is 1. The van der Waals surface area contributed by atoms with E-state index in [9.17, 15) is 0 Å². The van der Waals surface area contributed by atoms with Crippen molar-refractivity contribution < 1.29 is 14.9 Å². The Bertz CT molecular complexity index is 333. The first kappa shape index (κ1) is 13.1. The second-order valence-electron chi connectivity index (χ2n) is 3.38. The van der Waals surface area contributed by atoms with Crippen LogP contribution in [0, 0.1) is 0 Å². The van der Waals surface area contributed by atoms with Gasteiger partial charge in [0.15, 0.2) is 0 Å². The molecule has 1 atom stereocenters. The zero-order valence-electron chi connectivity index (χ0n) is 9.11. The number of ether oxygens (including phenoxy) is 1. The van der Waals surface area contributed by atoms with Crippen LogP contribution in [0.4, 0.5) is 5.69 Å². The van der Waals surface area contributed by atoms with Crippen LogP contribution in [0.15, 0.2) is 18.2 Å². The van der Waals surface area contributed by atoms with Gasteiger partial charge in [-0.05, 0) is 18.6 Å². The van der Waals surface area contributed by atoms with E-state index in [1.54, 1.807) is 25.3 Å². The fourth-order valence-electron chi connectivity index (χ4n) is 1.32. The number of hydrogen-bond donors (Lipinski definition) is 3. The molecule has 0 fully saturated rings. The molecule has 0 bridgehead atoms. The monoisotopic (exact) mass is 245 g/mol. The molecule has 0 amide bonds. The van der Waals surface area contributed by atoms with E-state index >= 15 is 0 Å². The van der Waals surface area contributed by atoms with Crippen LogP contribution in [-0.2, 0) is 0 Å². The summed E-state index contributed by atoms with van der Waals surface area (Å²) < 4.78 is 5.03. The van der Waals surface area contributed by atoms with Crippen molar-refractivity contribution in [1.82, 2.24) is 0 Å². The van der Waals surface area contributed by atoms with E-state index in [2.05, 4.69) is 5.32 Å². The van der Waals surface area contributed by atoms with E-state index < -0.39 is 0 Å². The molecule has 0 aliphatic heterocycles. The van der Waals surface area contributed by atoms with Gasteiger partial charge >= 0.3 is 0 Å². The Morgan fingerprint density at radius 3 is 2.69 bits per heavy atom. The fraction of sp³-hybridized carbons (Fsp3) is 0.455. The van der Waals surface area contributed by atoms with Crippen molar-refractivity contribution in [2.75, 3.05) is 25.6 Å². The lowest BCUT2D eigenvalue weighted by Crippen LogP contribution is -2.25. The summed E-state index contributed by atoms with van der Waals surface area (Å²) in [6.45, 7) is -0.0328. The maximum atomic E-state index is 9.07. The van der Waals surface area contributed by atoms with Crippen LogP contribution >= 0.6 is 11.6 Å². The van der Waals surface area contributed by atoms with E-state index in [1.807, 2.05) is 0 Å². The first-order valence-electron chi connectivity index (χ1n) is 5.03. The number of aliphatic hydroxyl groups excluding tert-OH is 2. The van der Waals surface area contributed by atoms with Crippen molar-refractivity contribution in [2.24, 2.45) is 0 Å². The number of methoxy groups -OCH3 is 1. The maximum Gasteiger partial charge on any atom is 0.120 e. The highest BCUT2D eigenvalue weighted by Crippen LogP contribution is 2.27. The first-order chi connectivity index (χ1) is 7.71. The number of anilines is 1. The van der Waals surface area contributed by atoms with Crippen LogP contribution in [0.25, 0.3) is 0 Å². The third-order valence-electron chi connectivity index (χ3n) is 2.23. The Balaban J connectivity index is 2.72. The molecule has 1 unspecified atom stereocenters. The molecule has 4 nitrogen and oxygen atoms in total. The van der Waals surface area contributed by atoms with Gasteiger partial charge in [0.1, 0.15) is 5.75 Å². The average Bonchev–Trinajstić information content (AvgIpc) is 2.30. The first-order valence-corrected chi connectivity index (χ1v) is 5.40. The van der Waals surface area contributed by atoms with Gasteiger partial charge in [0.25, 0.3) is 0 Å². The number of hydrogen-bond acceptors (Lipinski definition) is 4. The van der Waals surface area contributed by atoms with Crippen molar-refractivity contribution >= 4 is 17.3 Å². The molecule has 0 saturated carbocycles. The van der Waals surface area contributed by atoms with Crippen molar-refractivity contribution in [2.45, 2.75) is 12.5 Å². The fourth-order valence-corrected chi connectivity index (χ4v) is 1.55. The van der Waals surface area contributed by atoms with Gasteiger partial charge in [-0.1, -0.05) is 11.6 Å². The molecule has 0 heterocycles. The summed E-state index contributed by atoms with van der Waals surface area (Å²) in [4.78, 5) is 0. The van der Waals surface area contributed by atoms with Gasteiger partial charge in [-0.2, -0.15) is 0 Å². The molecule has 0 aromatic heterocycles. The summed E-state index contributed by atoms with van der Waals surface area (Å²) in [7, 11) is 1.57. The zero-order chi connectivity index (χ0) is 12.0. The van der Waals surface area contributed by atoms with E-state index in [4.69, 9.17) is 26.6 Å². The minimum absolute atomic E-state index is 0.0198. The molecule has 1 aromatic rings. The summed E-state index contributed by atoms with van der Waals surface area (Å²) >= 11 is 6.02. The minimum Gasteiger partial charge on any atom is -0.497 e. The predicted octanol–water partition coefficient (Wildman–Crippen LogP) is 1.50. The van der Waals surface area contributed by atoms with Crippen molar-refractivity contribution in [1.29, 1.82) is 0 Å². The Kier molecular flexibility index (Phi) is 5.38. The lowest BCUT2D eigenvalue weighted by Gasteiger charge is -2.17. The van der Waals surface area contributed by atoms with Gasteiger partial charge in [0.2, 0.25) is 0 Å². The third kappa shape index (κ3) is 3.56. The molecule has 1 aromatic carbocycles. The predicted molar refractivity (Wildman–Crippen MR) is 64.2 cm³/mol. The molecule has 0 saturated heterocycles. The van der Waals surface area contributed by atoms with Gasteiger partial charge < -0.3 is 20.3 Å². The van der Waals surface area contributed by atoms with Crippen molar-refractivity contribution in [3.8, 4) is 5.75 Å². The Hall–Kier alpha value is -0.970. The summed E-state index contributed by atoms with van der Waals surface area (Å²) in [6.07, 6.45) is 0.471. The van der Waals surface area contributed by atoms with Crippen LogP contribution in [0.2, 0.25) is 5.02 Å². The van der Waals surface area contributed by atoms with Gasteiger partial charge in [-0.25, -0.2) is 0 Å². The summed E-state index contributed by atoms with van der Waals surface area (Å²) in [6, 6.07) is 5.05. The highest BCUT2D eigenvalue weighted by Gasteiger charge is 2.09. The topological polar surface area (TPSA) is 61.7 Å². The third-order valence-corrected chi connectivity index (χ3v) is 2.55. The number of rotatable bonds is 6. The quantitative estimate of drug-likeness (QED) is 0.711. The zero-order valence-corrected chi connectivity index (χ0v) is 9.87. The minimum atomic E-state index is -0.198. The molecule has 0 aliphatic carbocycles. The molecule has 90 valence electrons. The average molecular weight is 246 g/mol. The Morgan fingerprint density at radius 1 is 1.44 bits per heavy atom. The van der Waals surface area contributed by atoms with Gasteiger partial charge in [0, 0.05) is 12.7 Å². The van der Waals surface area contributed by atoms with Crippen LogP contribution in [0.5, 0.6) is 5.75 Å². The van der Waals surface area contributed by atoms with Crippen LogP contribution in [0.3, 0.4) is 0 Å². The van der Waals surface area contributed by atoms with Gasteiger partial charge in [-0.3, -0.25) is 0 Å². The van der Waals surface area contributed by atoms with Gasteiger partial charge in [0.05, 0.1) is 30.5 Å². The van der Waals surface area contributed by atoms with E-state index in [1.165, 1.54) is 0 Å². The van der Waals surface area contributed by atoms with Crippen LogP contribution in [-0.4, -0.2) is 36.6 Å². The number of benzene rings is 1. The van der Waals surface area contributed by atoms with Crippen molar-refractivity contribution in [3.63, 3.8) is 0 Å². The maximum absolute atomic E-state index is 9.07. The van der Waals surface area contributed by atoms with Crippen molar-refractivity contribution in [3.05, 3.63) is 23.2 Å². The molecule has 5 heteroatoms. The molecule has 0 radical (unpaired) electrons. The largest absolute Gasteiger partial charge is 0.497 e. The molecular weight excluding hydrogens is 230 g/mol. The molecule has 0 spiro atoms. The standard InChI is InChI=1S/C11H16ClNO3/c1-16-9-2-3-11(10(12)6-9)13-8(7-15)4-5-14/h2-3,6,8,13-15H,4-5,7H2,1H3. The lowest BCUT2D eigenvalue weighted by atomic mass is 10.2. The number of aliphatic hydroxyl groups is 2. The Labute approximate surface area is 99.8 Å². The molecule has 3 N–H and O–H groups in total. The highest BCUT2D eigenvalue weighted by molar-refractivity contribution is 6.33. The molecule has 16 heavy (non-hydrogen) atoms. The van der Waals surface area contributed by atoms with Gasteiger partial charge in [-0.15, -0.1) is 0 Å². The Morgan fingerprint density at radius 2 is 2.19 bits per heavy atom.